The van der Waals surface area contributed by atoms with Crippen LogP contribution in [-0.4, -0.2) is 18.2 Å². The Morgan fingerprint density at radius 1 is 1.35 bits per heavy atom. The summed E-state index contributed by atoms with van der Waals surface area (Å²) in [6.07, 6.45) is 3.17. The lowest BCUT2D eigenvalue weighted by molar-refractivity contribution is -0.118. The summed E-state index contributed by atoms with van der Waals surface area (Å²) in [7, 11) is 0. The molecule has 90 valence electrons. The van der Waals surface area contributed by atoms with Crippen molar-refractivity contribution in [1.29, 1.82) is 0 Å². The van der Waals surface area contributed by atoms with Crippen molar-refractivity contribution in [3.05, 3.63) is 41.2 Å². The second-order valence-electron chi connectivity index (χ2n) is 3.60. The summed E-state index contributed by atoms with van der Waals surface area (Å²) in [5.74, 6) is -0.980. The van der Waals surface area contributed by atoms with Crippen LogP contribution in [0.2, 0.25) is 0 Å². The largest absolute Gasteiger partial charge is 0.353 e. The van der Waals surface area contributed by atoms with Gasteiger partial charge in [-0.05, 0) is 13.0 Å². The quantitative estimate of drug-likeness (QED) is 0.813. The van der Waals surface area contributed by atoms with Gasteiger partial charge in [-0.1, -0.05) is 24.3 Å². The lowest BCUT2D eigenvalue weighted by Gasteiger charge is -2.02. The molecule has 0 unspecified atom stereocenters. The van der Waals surface area contributed by atoms with Crippen LogP contribution in [0.25, 0.3) is 6.08 Å². The summed E-state index contributed by atoms with van der Waals surface area (Å²) in [6.45, 7) is 3.06. The molecule has 1 amide bonds. The number of Topliss-reactive ketones (excluding diaryl/α,β-unsaturated/α-hetero) is 1. The van der Waals surface area contributed by atoms with Crippen molar-refractivity contribution in [2.24, 2.45) is 0 Å². The summed E-state index contributed by atoms with van der Waals surface area (Å²) < 4.78 is 13.7. The fourth-order valence-corrected chi connectivity index (χ4v) is 1.34. The summed E-state index contributed by atoms with van der Waals surface area (Å²) >= 11 is 0. The lowest BCUT2D eigenvalue weighted by atomic mass is 10.1. The number of halogens is 1. The molecule has 0 aromatic heterocycles. The molecule has 4 heteroatoms. The van der Waals surface area contributed by atoms with Crippen LogP contribution in [0.5, 0.6) is 0 Å². The Kier molecular flexibility index (Phi) is 4.57. The van der Waals surface area contributed by atoms with Crippen LogP contribution in [0, 0.1) is 5.82 Å². The summed E-state index contributed by atoms with van der Waals surface area (Å²) in [5.41, 5.74) is 0.412. The highest BCUT2D eigenvalue weighted by atomic mass is 19.1. The van der Waals surface area contributed by atoms with Crippen molar-refractivity contribution >= 4 is 17.8 Å². The molecule has 0 saturated carbocycles. The number of ketones is 1. The van der Waals surface area contributed by atoms with Crippen LogP contribution >= 0.6 is 0 Å². The number of hydrogen-bond acceptors (Lipinski definition) is 2. The standard InChI is InChI=1S/C13H14FNO2/c1-9(16)12-7-3-5-11(13(12)14)6-4-8-15-10(2)17/h3-7H,8H2,1-2H3,(H,15,17). The minimum Gasteiger partial charge on any atom is -0.353 e. The van der Waals surface area contributed by atoms with Crippen LogP contribution < -0.4 is 5.32 Å². The molecule has 0 aliphatic heterocycles. The molecular weight excluding hydrogens is 221 g/mol. The zero-order chi connectivity index (χ0) is 12.8. The predicted octanol–water partition coefficient (Wildman–Crippen LogP) is 2.18. The van der Waals surface area contributed by atoms with E-state index < -0.39 is 5.82 Å². The van der Waals surface area contributed by atoms with Gasteiger partial charge >= 0.3 is 0 Å². The third kappa shape index (κ3) is 3.83. The van der Waals surface area contributed by atoms with Gasteiger partial charge in [0.25, 0.3) is 0 Å². The van der Waals surface area contributed by atoms with Crippen molar-refractivity contribution < 1.29 is 14.0 Å². The number of carbonyl (C=O) groups is 2. The summed E-state index contributed by atoms with van der Waals surface area (Å²) in [5, 5.41) is 2.56. The second-order valence-corrected chi connectivity index (χ2v) is 3.60. The van der Waals surface area contributed by atoms with E-state index in [9.17, 15) is 14.0 Å². The number of amides is 1. The Morgan fingerprint density at radius 3 is 2.65 bits per heavy atom. The van der Waals surface area contributed by atoms with Crippen molar-refractivity contribution in [3.8, 4) is 0 Å². The molecule has 1 aromatic rings. The average molecular weight is 235 g/mol. The van der Waals surface area contributed by atoms with E-state index in [0.29, 0.717) is 12.1 Å². The van der Waals surface area contributed by atoms with Gasteiger partial charge in [0, 0.05) is 19.0 Å². The molecule has 0 aliphatic rings. The van der Waals surface area contributed by atoms with Crippen LogP contribution in [0.4, 0.5) is 4.39 Å². The highest BCUT2D eigenvalue weighted by Crippen LogP contribution is 2.14. The fraction of sp³-hybridized carbons (Fsp3) is 0.231. The first kappa shape index (κ1) is 13.1. The monoisotopic (exact) mass is 235 g/mol. The van der Waals surface area contributed by atoms with Gasteiger partial charge in [-0.25, -0.2) is 4.39 Å². The van der Waals surface area contributed by atoms with E-state index >= 15 is 0 Å². The first-order valence-electron chi connectivity index (χ1n) is 5.23. The van der Waals surface area contributed by atoms with Gasteiger partial charge in [0.05, 0.1) is 5.56 Å². The predicted molar refractivity (Wildman–Crippen MR) is 64.1 cm³/mol. The Bertz CT molecular complexity index is 466. The molecule has 0 saturated heterocycles. The van der Waals surface area contributed by atoms with Crippen molar-refractivity contribution in [1.82, 2.24) is 5.32 Å². The SMILES string of the molecule is CC(=O)NCC=Cc1cccc(C(C)=O)c1F. The highest BCUT2D eigenvalue weighted by molar-refractivity contribution is 5.94. The van der Waals surface area contributed by atoms with E-state index in [-0.39, 0.29) is 17.3 Å². The normalized spacial score (nSPS) is 10.5. The van der Waals surface area contributed by atoms with E-state index in [1.165, 1.54) is 26.0 Å². The first-order valence-corrected chi connectivity index (χ1v) is 5.23. The average Bonchev–Trinajstić information content (AvgIpc) is 2.25. The number of nitrogens with one attached hydrogen (secondary N) is 1. The molecule has 1 aromatic carbocycles. The zero-order valence-corrected chi connectivity index (χ0v) is 9.79. The van der Waals surface area contributed by atoms with Crippen LogP contribution in [0.15, 0.2) is 24.3 Å². The molecule has 1 rings (SSSR count). The third-order valence-corrected chi connectivity index (χ3v) is 2.17. The third-order valence-electron chi connectivity index (χ3n) is 2.17. The molecule has 1 N–H and O–H groups in total. The van der Waals surface area contributed by atoms with Gasteiger partial charge in [0.2, 0.25) is 5.91 Å². The summed E-state index contributed by atoms with van der Waals surface area (Å²) in [4.78, 5) is 21.7. The number of benzene rings is 1. The molecule has 0 aliphatic carbocycles. The second kappa shape index (κ2) is 5.94. The van der Waals surface area contributed by atoms with Gasteiger partial charge in [-0.3, -0.25) is 9.59 Å². The molecule has 17 heavy (non-hydrogen) atoms. The number of hydrogen-bond donors (Lipinski definition) is 1. The van der Waals surface area contributed by atoms with E-state index in [1.807, 2.05) is 0 Å². The minimum absolute atomic E-state index is 0.0756. The Hall–Kier alpha value is -1.97. The van der Waals surface area contributed by atoms with E-state index in [2.05, 4.69) is 5.32 Å². The number of carbonyl (C=O) groups excluding carboxylic acids is 2. The van der Waals surface area contributed by atoms with Crippen molar-refractivity contribution in [3.63, 3.8) is 0 Å². The van der Waals surface area contributed by atoms with E-state index in [0.717, 1.165) is 0 Å². The molecular formula is C13H14FNO2. The maximum atomic E-state index is 13.7. The maximum absolute atomic E-state index is 13.7. The topological polar surface area (TPSA) is 46.2 Å². The Labute approximate surface area is 99.3 Å². The smallest absolute Gasteiger partial charge is 0.217 e. The van der Waals surface area contributed by atoms with Gasteiger partial charge in [-0.2, -0.15) is 0 Å². The zero-order valence-electron chi connectivity index (χ0n) is 9.79. The maximum Gasteiger partial charge on any atom is 0.217 e. The molecule has 0 radical (unpaired) electrons. The summed E-state index contributed by atoms with van der Waals surface area (Å²) in [6, 6.07) is 4.65. The lowest BCUT2D eigenvalue weighted by Crippen LogP contribution is -2.19. The van der Waals surface area contributed by atoms with Gasteiger partial charge in [0.1, 0.15) is 5.82 Å². The Morgan fingerprint density at radius 2 is 2.06 bits per heavy atom. The first-order chi connectivity index (χ1) is 8.02. The molecule has 0 bridgehead atoms. The minimum atomic E-state index is -0.529. The van der Waals surface area contributed by atoms with E-state index in [4.69, 9.17) is 0 Å². The van der Waals surface area contributed by atoms with Crippen LogP contribution in [0.3, 0.4) is 0 Å². The van der Waals surface area contributed by atoms with Gasteiger partial charge in [-0.15, -0.1) is 0 Å². The molecule has 0 heterocycles. The highest BCUT2D eigenvalue weighted by Gasteiger charge is 2.08. The van der Waals surface area contributed by atoms with Gasteiger partial charge in [0.15, 0.2) is 5.78 Å². The molecule has 0 fully saturated rings. The van der Waals surface area contributed by atoms with Crippen LogP contribution in [-0.2, 0) is 4.79 Å². The number of rotatable bonds is 4. The van der Waals surface area contributed by atoms with Crippen molar-refractivity contribution in [2.75, 3.05) is 6.54 Å². The van der Waals surface area contributed by atoms with Crippen LogP contribution in [0.1, 0.15) is 29.8 Å². The van der Waals surface area contributed by atoms with Crippen molar-refractivity contribution in [2.45, 2.75) is 13.8 Å². The Balaban J connectivity index is 2.81. The fourth-order valence-electron chi connectivity index (χ4n) is 1.34. The molecule has 0 spiro atoms. The molecule has 3 nitrogen and oxygen atoms in total. The molecule has 0 atom stereocenters. The van der Waals surface area contributed by atoms with Gasteiger partial charge < -0.3 is 5.32 Å². The van der Waals surface area contributed by atoms with E-state index in [1.54, 1.807) is 18.2 Å².